The van der Waals surface area contributed by atoms with Gasteiger partial charge in [-0.2, -0.15) is 0 Å². The van der Waals surface area contributed by atoms with E-state index in [4.69, 9.17) is 0 Å². The Bertz CT molecular complexity index is 325. The smallest absolute Gasteiger partial charge is 0.0111 e. The van der Waals surface area contributed by atoms with E-state index in [1.807, 2.05) is 0 Å². The van der Waals surface area contributed by atoms with Crippen LogP contribution in [0.5, 0.6) is 0 Å². The van der Waals surface area contributed by atoms with Crippen LogP contribution < -0.4 is 5.32 Å². The van der Waals surface area contributed by atoms with Gasteiger partial charge in [0.25, 0.3) is 0 Å². The molecule has 2 unspecified atom stereocenters. The molecule has 122 valence electrons. The molecule has 2 saturated heterocycles. The minimum atomic E-state index is 0.522. The molecule has 3 rings (SSSR count). The standard InChI is InChI=1S/C19H36N2/c1-19(2,3)16-8-6-15(7-9-16)14-20-17-10-12-21-11-4-5-18(21)13-17/h15-18,20H,4-14H2,1-3H3. The van der Waals surface area contributed by atoms with Crippen molar-refractivity contribution in [2.75, 3.05) is 19.6 Å². The first-order chi connectivity index (χ1) is 10.0. The lowest BCUT2D eigenvalue weighted by Crippen LogP contribution is -2.47. The van der Waals surface area contributed by atoms with Crippen molar-refractivity contribution in [1.29, 1.82) is 0 Å². The van der Waals surface area contributed by atoms with Gasteiger partial charge in [-0.25, -0.2) is 0 Å². The lowest BCUT2D eigenvalue weighted by molar-refractivity contribution is 0.137. The average molecular weight is 293 g/mol. The number of rotatable bonds is 3. The Hall–Kier alpha value is -0.0800. The molecule has 1 saturated carbocycles. The highest BCUT2D eigenvalue weighted by Crippen LogP contribution is 2.39. The van der Waals surface area contributed by atoms with Gasteiger partial charge in [-0.05, 0) is 88.3 Å². The number of nitrogens with one attached hydrogen (secondary N) is 1. The number of hydrogen-bond acceptors (Lipinski definition) is 2. The average Bonchev–Trinajstić information content (AvgIpc) is 2.92. The molecule has 1 aliphatic carbocycles. The molecule has 0 aromatic rings. The maximum atomic E-state index is 3.93. The second-order valence-corrected chi connectivity index (χ2v) is 9.05. The molecule has 2 heteroatoms. The second kappa shape index (κ2) is 6.58. The summed E-state index contributed by atoms with van der Waals surface area (Å²) in [5.74, 6) is 1.90. The third-order valence-corrected chi connectivity index (χ3v) is 6.59. The van der Waals surface area contributed by atoms with Crippen LogP contribution in [0.4, 0.5) is 0 Å². The predicted octanol–water partition coefficient (Wildman–Crippen LogP) is 4.06. The summed E-state index contributed by atoms with van der Waals surface area (Å²) in [7, 11) is 0. The molecule has 2 atom stereocenters. The molecule has 0 aromatic carbocycles. The Kier molecular flexibility index (Phi) is 4.95. The Balaban J connectivity index is 1.37. The van der Waals surface area contributed by atoms with Crippen molar-refractivity contribution in [1.82, 2.24) is 10.2 Å². The molecular weight excluding hydrogens is 256 g/mol. The molecule has 0 radical (unpaired) electrons. The van der Waals surface area contributed by atoms with E-state index in [0.717, 1.165) is 23.9 Å². The summed E-state index contributed by atoms with van der Waals surface area (Å²) in [6.45, 7) is 11.3. The third kappa shape index (κ3) is 4.01. The first-order valence-corrected chi connectivity index (χ1v) is 9.50. The van der Waals surface area contributed by atoms with Gasteiger partial charge < -0.3 is 10.2 Å². The zero-order valence-corrected chi connectivity index (χ0v) is 14.5. The van der Waals surface area contributed by atoms with E-state index in [-0.39, 0.29) is 0 Å². The van der Waals surface area contributed by atoms with E-state index in [1.54, 1.807) is 0 Å². The summed E-state index contributed by atoms with van der Waals surface area (Å²) in [6, 6.07) is 1.72. The van der Waals surface area contributed by atoms with Gasteiger partial charge in [0.1, 0.15) is 0 Å². The third-order valence-electron chi connectivity index (χ3n) is 6.59. The zero-order valence-electron chi connectivity index (χ0n) is 14.5. The van der Waals surface area contributed by atoms with Gasteiger partial charge in [0.05, 0.1) is 0 Å². The summed E-state index contributed by atoms with van der Waals surface area (Å²) >= 11 is 0. The fourth-order valence-electron chi connectivity index (χ4n) is 4.98. The van der Waals surface area contributed by atoms with E-state index in [9.17, 15) is 0 Å². The molecule has 0 bridgehead atoms. The van der Waals surface area contributed by atoms with Crippen LogP contribution in [-0.2, 0) is 0 Å². The van der Waals surface area contributed by atoms with E-state index in [1.165, 1.54) is 71.0 Å². The molecule has 0 amide bonds. The van der Waals surface area contributed by atoms with Crippen LogP contribution in [-0.4, -0.2) is 36.6 Å². The minimum absolute atomic E-state index is 0.522. The number of fused-ring (bicyclic) bond motifs is 1. The molecule has 2 nitrogen and oxygen atoms in total. The molecule has 0 aromatic heterocycles. The molecule has 21 heavy (non-hydrogen) atoms. The van der Waals surface area contributed by atoms with Gasteiger partial charge in [0.15, 0.2) is 0 Å². The molecule has 2 heterocycles. The fourth-order valence-corrected chi connectivity index (χ4v) is 4.98. The Labute approximate surface area is 132 Å². The van der Waals surface area contributed by atoms with Crippen molar-refractivity contribution < 1.29 is 0 Å². The number of piperidine rings is 1. The topological polar surface area (TPSA) is 15.3 Å². The monoisotopic (exact) mass is 292 g/mol. The highest BCUT2D eigenvalue weighted by Gasteiger charge is 2.33. The van der Waals surface area contributed by atoms with E-state index in [2.05, 4.69) is 31.0 Å². The van der Waals surface area contributed by atoms with E-state index in [0.29, 0.717) is 5.41 Å². The number of hydrogen-bond donors (Lipinski definition) is 1. The Morgan fingerprint density at radius 1 is 0.952 bits per heavy atom. The molecule has 3 fully saturated rings. The molecule has 3 aliphatic rings. The van der Waals surface area contributed by atoms with Crippen molar-refractivity contribution in [3.8, 4) is 0 Å². The normalized spacial score (nSPS) is 38.4. The fraction of sp³-hybridized carbons (Fsp3) is 1.00. The van der Waals surface area contributed by atoms with Crippen molar-refractivity contribution in [2.24, 2.45) is 17.3 Å². The highest BCUT2D eigenvalue weighted by molar-refractivity contribution is 4.90. The van der Waals surface area contributed by atoms with E-state index >= 15 is 0 Å². The Morgan fingerprint density at radius 3 is 2.43 bits per heavy atom. The summed E-state index contributed by atoms with van der Waals surface area (Å²) in [4.78, 5) is 2.73. The van der Waals surface area contributed by atoms with Gasteiger partial charge >= 0.3 is 0 Å². The summed E-state index contributed by atoms with van der Waals surface area (Å²) in [5, 5.41) is 3.93. The van der Waals surface area contributed by atoms with Gasteiger partial charge in [-0.3, -0.25) is 0 Å². The van der Waals surface area contributed by atoms with Gasteiger partial charge in [0.2, 0.25) is 0 Å². The summed E-state index contributed by atoms with van der Waals surface area (Å²) < 4.78 is 0. The Morgan fingerprint density at radius 2 is 1.71 bits per heavy atom. The zero-order chi connectivity index (χ0) is 14.9. The SMILES string of the molecule is CC(C)(C)C1CCC(CNC2CCN3CCCC3C2)CC1. The second-order valence-electron chi connectivity index (χ2n) is 9.05. The van der Waals surface area contributed by atoms with Crippen molar-refractivity contribution >= 4 is 0 Å². The first-order valence-electron chi connectivity index (χ1n) is 9.50. The van der Waals surface area contributed by atoms with Crippen molar-refractivity contribution in [3.05, 3.63) is 0 Å². The molecule has 0 spiro atoms. The first kappa shape index (κ1) is 15.8. The van der Waals surface area contributed by atoms with Crippen LogP contribution in [0.1, 0.15) is 72.1 Å². The lowest BCUT2D eigenvalue weighted by atomic mass is 9.70. The quantitative estimate of drug-likeness (QED) is 0.844. The highest BCUT2D eigenvalue weighted by atomic mass is 15.2. The van der Waals surface area contributed by atoms with Crippen LogP contribution in [0.15, 0.2) is 0 Å². The van der Waals surface area contributed by atoms with Gasteiger partial charge in [-0.15, -0.1) is 0 Å². The van der Waals surface area contributed by atoms with Gasteiger partial charge in [-0.1, -0.05) is 20.8 Å². The van der Waals surface area contributed by atoms with Crippen molar-refractivity contribution in [3.63, 3.8) is 0 Å². The van der Waals surface area contributed by atoms with Gasteiger partial charge in [0, 0.05) is 12.1 Å². The number of nitrogens with zero attached hydrogens (tertiary/aromatic N) is 1. The maximum Gasteiger partial charge on any atom is 0.0111 e. The van der Waals surface area contributed by atoms with E-state index < -0.39 is 0 Å². The molecule has 2 aliphatic heterocycles. The van der Waals surface area contributed by atoms with Crippen LogP contribution >= 0.6 is 0 Å². The molecular formula is C19H36N2. The van der Waals surface area contributed by atoms with Crippen LogP contribution in [0.25, 0.3) is 0 Å². The van der Waals surface area contributed by atoms with Crippen molar-refractivity contribution in [2.45, 2.75) is 84.2 Å². The summed E-state index contributed by atoms with van der Waals surface area (Å²) in [5.41, 5.74) is 0.522. The minimum Gasteiger partial charge on any atom is -0.314 e. The van der Waals surface area contributed by atoms with Crippen LogP contribution in [0, 0.1) is 17.3 Å². The predicted molar refractivity (Wildman–Crippen MR) is 90.5 cm³/mol. The van der Waals surface area contributed by atoms with Crippen LogP contribution in [0.2, 0.25) is 0 Å². The lowest BCUT2D eigenvalue weighted by Gasteiger charge is -2.39. The molecule has 1 N–H and O–H groups in total. The largest absolute Gasteiger partial charge is 0.314 e. The maximum absolute atomic E-state index is 3.93. The summed E-state index contributed by atoms with van der Waals surface area (Å²) in [6.07, 6.45) is 11.5. The van der Waals surface area contributed by atoms with Crippen LogP contribution in [0.3, 0.4) is 0 Å².